The smallest absolute Gasteiger partial charge is 0.211 e. The molecule has 0 saturated heterocycles. The summed E-state index contributed by atoms with van der Waals surface area (Å²) in [7, 11) is -3.45. The number of aryl methyl sites for hydroxylation is 2. The average molecular weight is 394 g/mol. The molecule has 2 rings (SSSR count). The molecule has 0 aliphatic heterocycles. The van der Waals surface area contributed by atoms with Crippen molar-refractivity contribution in [3.8, 4) is 0 Å². The molecule has 0 bridgehead atoms. The van der Waals surface area contributed by atoms with Gasteiger partial charge in [0.1, 0.15) is 0 Å². The van der Waals surface area contributed by atoms with Gasteiger partial charge in [-0.2, -0.15) is 0 Å². The van der Waals surface area contributed by atoms with Gasteiger partial charge in [-0.1, -0.05) is 63.5 Å². The molecular weight excluding hydrogens is 374 g/mol. The van der Waals surface area contributed by atoms with Crippen molar-refractivity contribution in [2.75, 3.05) is 6.54 Å². The van der Waals surface area contributed by atoms with E-state index >= 15 is 0 Å². The monoisotopic (exact) mass is 393 g/mol. The number of hydrogen-bond donors (Lipinski definition) is 1. The van der Waals surface area contributed by atoms with Crippen LogP contribution in [0.1, 0.15) is 23.1 Å². The predicted molar refractivity (Wildman–Crippen MR) is 99.1 cm³/mol. The molecule has 0 fully saturated rings. The number of hydrogen-bond acceptors (Lipinski definition) is 2. The van der Waals surface area contributed by atoms with Gasteiger partial charge in [0.05, 0.1) is 4.90 Å². The van der Waals surface area contributed by atoms with E-state index in [1.807, 2.05) is 44.2 Å². The van der Waals surface area contributed by atoms with Gasteiger partial charge in [0.15, 0.2) is 0 Å². The summed E-state index contributed by atoms with van der Waals surface area (Å²) in [6.45, 7) is 4.32. The van der Waals surface area contributed by atoms with Crippen LogP contribution in [0.25, 0.3) is 6.08 Å². The highest BCUT2D eigenvalue weighted by molar-refractivity contribution is 9.11. The summed E-state index contributed by atoms with van der Waals surface area (Å²) in [5, 5.41) is 0. The third-order valence-electron chi connectivity index (χ3n) is 3.39. The van der Waals surface area contributed by atoms with E-state index in [0.29, 0.717) is 17.9 Å². The molecule has 0 aliphatic rings. The fourth-order valence-corrected chi connectivity index (χ4v) is 3.52. The SMILES string of the molecule is Cc1ccc(/C=C(/Br)CCNS(=O)(=O)c2ccc(C)cc2)cc1. The second-order valence-electron chi connectivity index (χ2n) is 5.46. The second-order valence-corrected chi connectivity index (χ2v) is 8.25. The quantitative estimate of drug-likeness (QED) is 0.789. The van der Waals surface area contributed by atoms with Gasteiger partial charge < -0.3 is 0 Å². The molecule has 0 amide bonds. The number of nitrogens with one attached hydrogen (secondary N) is 1. The lowest BCUT2D eigenvalue weighted by atomic mass is 10.1. The first-order valence-electron chi connectivity index (χ1n) is 7.36. The summed E-state index contributed by atoms with van der Waals surface area (Å²) in [6, 6.07) is 15.0. The minimum absolute atomic E-state index is 0.293. The third kappa shape index (κ3) is 5.61. The molecule has 2 aromatic rings. The van der Waals surface area contributed by atoms with Gasteiger partial charge in [-0.05, 0) is 48.5 Å². The molecule has 0 spiro atoms. The van der Waals surface area contributed by atoms with Gasteiger partial charge >= 0.3 is 0 Å². The fraction of sp³-hybridized carbons (Fsp3) is 0.222. The molecule has 122 valence electrons. The third-order valence-corrected chi connectivity index (χ3v) is 5.49. The van der Waals surface area contributed by atoms with Gasteiger partial charge in [0, 0.05) is 6.54 Å². The lowest BCUT2D eigenvalue weighted by Crippen LogP contribution is -2.24. The molecule has 5 heteroatoms. The van der Waals surface area contributed by atoms with E-state index < -0.39 is 10.0 Å². The van der Waals surface area contributed by atoms with Crippen molar-refractivity contribution in [3.63, 3.8) is 0 Å². The first-order valence-corrected chi connectivity index (χ1v) is 9.63. The summed E-state index contributed by atoms with van der Waals surface area (Å²) in [5.74, 6) is 0. The van der Waals surface area contributed by atoms with Crippen molar-refractivity contribution in [2.24, 2.45) is 0 Å². The number of benzene rings is 2. The normalized spacial score (nSPS) is 12.4. The molecule has 0 unspecified atom stereocenters. The van der Waals surface area contributed by atoms with Crippen molar-refractivity contribution in [2.45, 2.75) is 25.2 Å². The van der Waals surface area contributed by atoms with Crippen LogP contribution in [-0.2, 0) is 10.0 Å². The van der Waals surface area contributed by atoms with Crippen LogP contribution in [0.2, 0.25) is 0 Å². The maximum Gasteiger partial charge on any atom is 0.240 e. The summed E-state index contributed by atoms with van der Waals surface area (Å²) in [6.07, 6.45) is 2.60. The summed E-state index contributed by atoms with van der Waals surface area (Å²) in [4.78, 5) is 0.293. The van der Waals surface area contributed by atoms with E-state index in [1.165, 1.54) is 5.56 Å². The molecule has 23 heavy (non-hydrogen) atoms. The van der Waals surface area contributed by atoms with Crippen molar-refractivity contribution >= 4 is 32.0 Å². The topological polar surface area (TPSA) is 46.2 Å². The molecule has 3 nitrogen and oxygen atoms in total. The van der Waals surface area contributed by atoms with Crippen LogP contribution in [0, 0.1) is 13.8 Å². The molecule has 0 saturated carbocycles. The Labute approximate surface area is 146 Å². The van der Waals surface area contributed by atoms with Crippen LogP contribution in [-0.4, -0.2) is 15.0 Å². The standard InChI is InChI=1S/C18H20BrNO2S/c1-14-3-7-16(8-4-14)13-17(19)11-12-20-23(21,22)18-9-5-15(2)6-10-18/h3-10,13,20H,11-12H2,1-2H3/b17-13+. The van der Waals surface area contributed by atoms with E-state index in [-0.39, 0.29) is 0 Å². The molecule has 0 heterocycles. The van der Waals surface area contributed by atoms with Gasteiger partial charge in [0.25, 0.3) is 0 Å². The zero-order valence-corrected chi connectivity index (χ0v) is 15.6. The van der Waals surface area contributed by atoms with Gasteiger partial charge in [-0.15, -0.1) is 0 Å². The second kappa shape index (κ2) is 7.90. The van der Waals surface area contributed by atoms with Gasteiger partial charge in [-0.25, -0.2) is 13.1 Å². The minimum atomic E-state index is -3.45. The number of halogens is 1. The average Bonchev–Trinajstić information content (AvgIpc) is 2.50. The Hall–Kier alpha value is -1.43. The van der Waals surface area contributed by atoms with Crippen molar-refractivity contribution in [3.05, 3.63) is 69.7 Å². The van der Waals surface area contributed by atoms with Crippen LogP contribution < -0.4 is 4.72 Å². The van der Waals surface area contributed by atoms with Crippen LogP contribution in [0.5, 0.6) is 0 Å². The Morgan fingerprint density at radius 3 is 2.09 bits per heavy atom. The van der Waals surface area contributed by atoms with Crippen LogP contribution in [0.3, 0.4) is 0 Å². The first kappa shape index (κ1) is 17.9. The van der Waals surface area contributed by atoms with Crippen molar-refractivity contribution < 1.29 is 8.42 Å². The highest BCUT2D eigenvalue weighted by atomic mass is 79.9. The molecule has 0 aliphatic carbocycles. The lowest BCUT2D eigenvalue weighted by Gasteiger charge is -2.07. The maximum absolute atomic E-state index is 12.2. The largest absolute Gasteiger partial charge is 0.240 e. The van der Waals surface area contributed by atoms with Gasteiger partial charge in [0.2, 0.25) is 10.0 Å². The summed E-state index contributed by atoms with van der Waals surface area (Å²) in [5.41, 5.74) is 3.33. The molecule has 2 aromatic carbocycles. The Balaban J connectivity index is 1.93. The van der Waals surface area contributed by atoms with Crippen LogP contribution >= 0.6 is 15.9 Å². The van der Waals surface area contributed by atoms with E-state index in [0.717, 1.165) is 15.6 Å². The fourth-order valence-electron chi connectivity index (χ4n) is 2.02. The Bertz CT molecular complexity index is 779. The van der Waals surface area contributed by atoms with Gasteiger partial charge in [-0.3, -0.25) is 0 Å². The first-order chi connectivity index (χ1) is 10.9. The molecule has 0 aromatic heterocycles. The molecule has 1 N–H and O–H groups in total. The Kier molecular flexibility index (Phi) is 6.16. The Morgan fingerprint density at radius 2 is 1.52 bits per heavy atom. The highest BCUT2D eigenvalue weighted by Gasteiger charge is 2.12. The molecule has 0 atom stereocenters. The van der Waals surface area contributed by atoms with E-state index in [4.69, 9.17) is 0 Å². The van der Waals surface area contributed by atoms with Crippen molar-refractivity contribution in [1.29, 1.82) is 0 Å². The highest BCUT2D eigenvalue weighted by Crippen LogP contribution is 2.16. The zero-order valence-electron chi connectivity index (χ0n) is 13.2. The predicted octanol–water partition coefficient (Wildman–Crippen LogP) is 4.41. The molecule has 0 radical (unpaired) electrons. The minimum Gasteiger partial charge on any atom is -0.211 e. The Morgan fingerprint density at radius 1 is 1.00 bits per heavy atom. The summed E-state index contributed by atoms with van der Waals surface area (Å²) < 4.78 is 27.9. The summed E-state index contributed by atoms with van der Waals surface area (Å²) >= 11 is 3.49. The zero-order chi connectivity index (χ0) is 16.9. The van der Waals surface area contributed by atoms with E-state index in [9.17, 15) is 8.42 Å². The maximum atomic E-state index is 12.2. The van der Waals surface area contributed by atoms with E-state index in [2.05, 4.69) is 20.7 Å². The number of rotatable bonds is 6. The van der Waals surface area contributed by atoms with Crippen LogP contribution in [0.15, 0.2) is 57.9 Å². The number of sulfonamides is 1. The molecular formula is C18H20BrNO2S. The van der Waals surface area contributed by atoms with Crippen LogP contribution in [0.4, 0.5) is 0 Å². The lowest BCUT2D eigenvalue weighted by molar-refractivity contribution is 0.582. The van der Waals surface area contributed by atoms with E-state index in [1.54, 1.807) is 24.3 Å². The van der Waals surface area contributed by atoms with Crippen molar-refractivity contribution in [1.82, 2.24) is 4.72 Å².